The molecule has 0 N–H and O–H groups in total. The summed E-state index contributed by atoms with van der Waals surface area (Å²) in [7, 11) is 0. The van der Waals surface area contributed by atoms with Crippen LogP contribution in [0.4, 0.5) is 0 Å². The van der Waals surface area contributed by atoms with E-state index < -0.39 is 0 Å². The number of ether oxygens (including phenoxy) is 1. The van der Waals surface area contributed by atoms with Crippen molar-refractivity contribution < 1.29 is 9.53 Å². The number of nitriles is 1. The van der Waals surface area contributed by atoms with E-state index in [9.17, 15) is 10.1 Å². The Balaban J connectivity index is 1.56. The molecule has 2 aromatic carbocycles. The zero-order valence-electron chi connectivity index (χ0n) is 16.6. The van der Waals surface area contributed by atoms with Crippen LogP contribution in [0.3, 0.4) is 0 Å². The van der Waals surface area contributed by atoms with Gasteiger partial charge in [0.2, 0.25) is 0 Å². The maximum absolute atomic E-state index is 12.3. The molecule has 0 aliphatic heterocycles. The zero-order chi connectivity index (χ0) is 20.8. The Morgan fingerprint density at radius 3 is 2.37 bits per heavy atom. The van der Waals surface area contributed by atoms with E-state index in [1.54, 1.807) is 0 Å². The van der Waals surface area contributed by atoms with Crippen molar-refractivity contribution in [3.05, 3.63) is 82.9 Å². The largest absolute Gasteiger partial charge is 0.460 e. The first-order valence-electron chi connectivity index (χ1n) is 10.1. The van der Waals surface area contributed by atoms with Gasteiger partial charge in [-0.15, -0.1) is 0 Å². The topological polar surface area (TPSA) is 63.0 Å². The second-order valence-corrected chi connectivity index (χ2v) is 8.18. The fourth-order valence-corrected chi connectivity index (χ4v) is 4.57. The number of benzene rings is 2. The van der Waals surface area contributed by atoms with E-state index >= 15 is 0 Å². The molecule has 3 aromatic rings. The summed E-state index contributed by atoms with van der Waals surface area (Å²) in [6.07, 6.45) is 4.00. The van der Waals surface area contributed by atoms with Crippen LogP contribution < -0.4 is 0 Å². The summed E-state index contributed by atoms with van der Waals surface area (Å²) in [5.41, 5.74) is 5.83. The maximum atomic E-state index is 12.3. The van der Waals surface area contributed by atoms with Crippen molar-refractivity contribution in [3.63, 3.8) is 0 Å². The molecule has 0 bridgehead atoms. The third-order valence-electron chi connectivity index (χ3n) is 5.21. The lowest BCUT2D eigenvalue weighted by Crippen LogP contribution is -2.12. The first-order chi connectivity index (χ1) is 14.8. The van der Waals surface area contributed by atoms with Gasteiger partial charge in [-0.05, 0) is 42.4 Å². The van der Waals surface area contributed by atoms with E-state index in [-0.39, 0.29) is 18.3 Å². The molecule has 5 heteroatoms. The highest BCUT2D eigenvalue weighted by molar-refractivity contribution is 7.99. The van der Waals surface area contributed by atoms with Gasteiger partial charge in [-0.25, -0.2) is 4.98 Å². The summed E-state index contributed by atoms with van der Waals surface area (Å²) in [6, 6.07) is 22.0. The minimum absolute atomic E-state index is 0.127. The molecule has 0 unspecified atom stereocenters. The molecule has 0 fully saturated rings. The first kappa shape index (κ1) is 20.2. The van der Waals surface area contributed by atoms with E-state index in [1.165, 1.54) is 17.3 Å². The third kappa shape index (κ3) is 4.55. The fraction of sp³-hybridized carbons (Fsp3) is 0.240. The quantitative estimate of drug-likeness (QED) is 0.403. The molecular formula is C25H22N2O2S. The van der Waals surface area contributed by atoms with E-state index in [0.29, 0.717) is 10.6 Å². The van der Waals surface area contributed by atoms with Crippen LogP contribution in [0.2, 0.25) is 0 Å². The van der Waals surface area contributed by atoms with Crippen LogP contribution >= 0.6 is 11.8 Å². The molecule has 4 rings (SSSR count). The van der Waals surface area contributed by atoms with E-state index in [1.807, 2.05) is 60.7 Å². The molecule has 1 aliphatic carbocycles. The number of hydrogen-bond acceptors (Lipinski definition) is 5. The number of nitrogens with zero attached hydrogens (tertiary/aromatic N) is 2. The van der Waals surface area contributed by atoms with Gasteiger partial charge >= 0.3 is 5.97 Å². The lowest BCUT2D eigenvalue weighted by Gasteiger charge is -2.22. The zero-order valence-corrected chi connectivity index (χ0v) is 17.5. The summed E-state index contributed by atoms with van der Waals surface area (Å²) >= 11 is 1.29. The highest BCUT2D eigenvalue weighted by atomic mass is 32.2. The number of thioether (sulfide) groups is 1. The van der Waals surface area contributed by atoms with Gasteiger partial charge < -0.3 is 4.74 Å². The molecule has 1 aliphatic rings. The number of rotatable bonds is 6. The predicted molar refractivity (Wildman–Crippen MR) is 118 cm³/mol. The Hall–Kier alpha value is -3.10. The standard InChI is InChI=1S/C25H22N2O2S/c26-15-22-20-13-7-8-14-21(20)24(19-11-5-2-6-12-19)27-25(22)30-17-23(28)29-16-18-9-3-1-4-10-18/h1-6,9-12H,7-8,13-14,16-17H2. The first-order valence-corrected chi connectivity index (χ1v) is 11.1. The predicted octanol–water partition coefficient (Wildman–Crippen LogP) is 5.33. The van der Waals surface area contributed by atoms with Gasteiger partial charge in [-0.3, -0.25) is 4.79 Å². The van der Waals surface area contributed by atoms with Crippen LogP contribution in [0.25, 0.3) is 11.3 Å². The van der Waals surface area contributed by atoms with Crippen molar-refractivity contribution in [2.45, 2.75) is 37.3 Å². The molecule has 0 atom stereocenters. The molecule has 0 saturated carbocycles. The number of carbonyl (C=O) groups is 1. The molecule has 1 aromatic heterocycles. The Morgan fingerprint density at radius 1 is 1.00 bits per heavy atom. The summed E-state index contributed by atoms with van der Waals surface area (Å²) in [6.45, 7) is 0.248. The van der Waals surface area contributed by atoms with Gasteiger partial charge in [-0.2, -0.15) is 5.26 Å². The Kier molecular flexibility index (Phi) is 6.46. The minimum atomic E-state index is -0.312. The second-order valence-electron chi connectivity index (χ2n) is 7.22. The molecule has 1 heterocycles. The number of carbonyl (C=O) groups excluding carboxylic acids is 1. The van der Waals surface area contributed by atoms with Crippen molar-refractivity contribution in [3.8, 4) is 17.3 Å². The van der Waals surface area contributed by atoms with E-state index in [0.717, 1.165) is 48.1 Å². The third-order valence-corrected chi connectivity index (χ3v) is 6.16. The Bertz CT molecular complexity index is 1080. The Labute approximate surface area is 180 Å². The van der Waals surface area contributed by atoms with Crippen molar-refractivity contribution in [2.24, 2.45) is 0 Å². The highest BCUT2D eigenvalue weighted by Gasteiger charge is 2.23. The van der Waals surface area contributed by atoms with Crippen molar-refractivity contribution in [1.82, 2.24) is 4.98 Å². The van der Waals surface area contributed by atoms with Crippen molar-refractivity contribution >= 4 is 17.7 Å². The van der Waals surface area contributed by atoms with Gasteiger partial charge in [0.15, 0.2) is 0 Å². The average molecular weight is 415 g/mol. The van der Waals surface area contributed by atoms with Gasteiger partial charge in [-0.1, -0.05) is 72.4 Å². The van der Waals surface area contributed by atoms with Crippen LogP contribution in [-0.2, 0) is 29.0 Å². The van der Waals surface area contributed by atoms with Gasteiger partial charge in [0, 0.05) is 5.56 Å². The smallest absolute Gasteiger partial charge is 0.316 e. The maximum Gasteiger partial charge on any atom is 0.316 e. The molecule has 0 spiro atoms. The van der Waals surface area contributed by atoms with E-state index in [4.69, 9.17) is 9.72 Å². The molecule has 0 saturated heterocycles. The minimum Gasteiger partial charge on any atom is -0.460 e. The van der Waals surface area contributed by atoms with Crippen LogP contribution in [0.1, 0.15) is 35.1 Å². The Morgan fingerprint density at radius 2 is 1.67 bits per heavy atom. The van der Waals surface area contributed by atoms with Gasteiger partial charge in [0.1, 0.15) is 17.7 Å². The number of esters is 1. The molecular weight excluding hydrogens is 392 g/mol. The van der Waals surface area contributed by atoms with Gasteiger partial charge in [0.25, 0.3) is 0 Å². The second kappa shape index (κ2) is 9.60. The lowest BCUT2D eigenvalue weighted by molar-refractivity contribution is -0.141. The normalized spacial score (nSPS) is 12.6. The highest BCUT2D eigenvalue weighted by Crippen LogP contribution is 2.36. The number of fused-ring (bicyclic) bond motifs is 1. The summed E-state index contributed by atoms with van der Waals surface area (Å²) in [5.74, 6) is -0.185. The van der Waals surface area contributed by atoms with Crippen LogP contribution in [0, 0.1) is 11.3 Å². The monoisotopic (exact) mass is 414 g/mol. The molecule has 150 valence electrons. The molecule has 30 heavy (non-hydrogen) atoms. The molecule has 0 radical (unpaired) electrons. The van der Waals surface area contributed by atoms with Crippen LogP contribution in [0.5, 0.6) is 0 Å². The summed E-state index contributed by atoms with van der Waals surface area (Å²) < 4.78 is 5.38. The summed E-state index contributed by atoms with van der Waals surface area (Å²) in [4.78, 5) is 17.1. The lowest BCUT2D eigenvalue weighted by atomic mass is 9.86. The van der Waals surface area contributed by atoms with Gasteiger partial charge in [0.05, 0.1) is 17.0 Å². The molecule has 4 nitrogen and oxygen atoms in total. The number of aromatic nitrogens is 1. The van der Waals surface area contributed by atoms with Crippen molar-refractivity contribution in [2.75, 3.05) is 5.75 Å². The SMILES string of the molecule is N#Cc1c(SCC(=O)OCc2ccccc2)nc(-c2ccccc2)c2c1CCCC2. The number of hydrogen-bond donors (Lipinski definition) is 0. The summed E-state index contributed by atoms with van der Waals surface area (Å²) in [5, 5.41) is 10.5. The fourth-order valence-electron chi connectivity index (χ4n) is 3.76. The van der Waals surface area contributed by atoms with E-state index in [2.05, 4.69) is 6.07 Å². The number of pyridine rings is 1. The average Bonchev–Trinajstić information content (AvgIpc) is 2.81. The molecule has 0 amide bonds. The van der Waals surface area contributed by atoms with Crippen LogP contribution in [-0.4, -0.2) is 16.7 Å². The van der Waals surface area contributed by atoms with Crippen molar-refractivity contribution in [1.29, 1.82) is 5.26 Å². The van der Waals surface area contributed by atoms with Crippen LogP contribution in [0.15, 0.2) is 65.7 Å².